The lowest BCUT2D eigenvalue weighted by atomic mass is 10.1. The van der Waals surface area contributed by atoms with Crippen LogP contribution in [0.5, 0.6) is 0 Å². The monoisotopic (exact) mass is 369 g/mol. The number of aliphatic hydroxyl groups is 3. The second-order valence-electron chi connectivity index (χ2n) is 3.89. The van der Waals surface area contributed by atoms with Gasteiger partial charge in [-0.2, -0.15) is 4.98 Å². The Morgan fingerprint density at radius 1 is 1.50 bits per heavy atom. The molecule has 1 aliphatic rings. The Bertz CT molecular complexity index is 507. The summed E-state index contributed by atoms with van der Waals surface area (Å²) in [5.41, 5.74) is 4.79. The van der Waals surface area contributed by atoms with Gasteiger partial charge in [0.1, 0.15) is 24.1 Å². The molecule has 18 heavy (non-hydrogen) atoms. The number of nitrogens with two attached hydrogens (primary N) is 1. The van der Waals surface area contributed by atoms with Crippen molar-refractivity contribution in [2.45, 2.75) is 24.5 Å². The third-order valence-corrected chi connectivity index (χ3v) is 3.56. The normalized spacial score (nSPS) is 31.8. The van der Waals surface area contributed by atoms with Crippen LogP contribution in [0.4, 0.5) is 5.82 Å². The molecule has 2 rings (SSSR count). The van der Waals surface area contributed by atoms with E-state index in [9.17, 15) is 15.0 Å². The molecule has 2 heterocycles. The van der Waals surface area contributed by atoms with Crippen LogP contribution in [-0.4, -0.2) is 49.8 Å². The number of aromatic nitrogens is 2. The molecule has 9 heteroatoms. The van der Waals surface area contributed by atoms with E-state index in [2.05, 4.69) is 4.98 Å². The maximum Gasteiger partial charge on any atom is 0.351 e. The smallest absolute Gasteiger partial charge is 0.351 e. The summed E-state index contributed by atoms with van der Waals surface area (Å²) in [7, 11) is 0. The van der Waals surface area contributed by atoms with Crippen LogP contribution in [0.1, 0.15) is 6.23 Å². The summed E-state index contributed by atoms with van der Waals surface area (Å²) in [5, 5.41) is 28.4. The number of aliphatic hydroxyl groups excluding tert-OH is 3. The topological polar surface area (TPSA) is 131 Å². The van der Waals surface area contributed by atoms with Gasteiger partial charge >= 0.3 is 5.69 Å². The van der Waals surface area contributed by atoms with Crippen molar-refractivity contribution >= 4 is 28.4 Å². The molecule has 0 amide bonds. The highest BCUT2D eigenvalue weighted by Gasteiger charge is 2.43. The molecule has 1 fully saturated rings. The Labute approximate surface area is 115 Å². The van der Waals surface area contributed by atoms with Crippen molar-refractivity contribution in [1.82, 2.24) is 9.55 Å². The zero-order valence-electron chi connectivity index (χ0n) is 9.10. The Morgan fingerprint density at radius 2 is 2.17 bits per heavy atom. The molecule has 1 aliphatic heterocycles. The maximum atomic E-state index is 11.7. The molecule has 4 atom stereocenters. The molecule has 0 aromatic carbocycles. The number of nitrogens with zero attached hydrogens (tertiary/aromatic N) is 2. The first kappa shape index (κ1) is 13.7. The average Bonchev–Trinajstić information content (AvgIpc) is 2.61. The quantitative estimate of drug-likeness (QED) is 0.446. The summed E-state index contributed by atoms with van der Waals surface area (Å²) in [6.45, 7) is -0.455. The molecule has 1 aromatic heterocycles. The highest BCUT2D eigenvalue weighted by Crippen LogP contribution is 2.28. The first-order valence-electron chi connectivity index (χ1n) is 5.12. The van der Waals surface area contributed by atoms with Crippen LogP contribution in [0.2, 0.25) is 0 Å². The van der Waals surface area contributed by atoms with Gasteiger partial charge < -0.3 is 25.8 Å². The van der Waals surface area contributed by atoms with E-state index in [1.807, 2.05) is 22.6 Å². The molecule has 0 spiro atoms. The highest BCUT2D eigenvalue weighted by molar-refractivity contribution is 14.1. The Morgan fingerprint density at radius 3 is 2.72 bits per heavy atom. The molecule has 100 valence electrons. The van der Waals surface area contributed by atoms with Gasteiger partial charge in [-0.15, -0.1) is 0 Å². The summed E-state index contributed by atoms with van der Waals surface area (Å²) in [6.07, 6.45) is -3.23. The van der Waals surface area contributed by atoms with Gasteiger partial charge in [-0.25, -0.2) is 4.79 Å². The minimum atomic E-state index is -1.32. The average molecular weight is 369 g/mol. The molecule has 0 radical (unpaired) electrons. The molecule has 0 aliphatic carbocycles. The molecular formula is C9H12IN3O5. The minimum Gasteiger partial charge on any atom is -0.394 e. The van der Waals surface area contributed by atoms with E-state index in [0.29, 0.717) is 3.57 Å². The molecule has 0 unspecified atom stereocenters. The van der Waals surface area contributed by atoms with Crippen LogP contribution in [0.15, 0.2) is 11.0 Å². The fraction of sp³-hybridized carbons (Fsp3) is 0.556. The summed E-state index contributed by atoms with van der Waals surface area (Å²) >= 11 is 1.88. The molecule has 0 bridgehead atoms. The third-order valence-electron chi connectivity index (χ3n) is 2.73. The maximum absolute atomic E-state index is 11.7. The van der Waals surface area contributed by atoms with E-state index in [1.165, 1.54) is 6.20 Å². The molecule has 1 saturated heterocycles. The highest BCUT2D eigenvalue weighted by atomic mass is 127. The number of rotatable bonds is 2. The lowest BCUT2D eigenvalue weighted by molar-refractivity contribution is -0.0550. The minimum absolute atomic E-state index is 0.0867. The van der Waals surface area contributed by atoms with Crippen molar-refractivity contribution in [3.05, 3.63) is 20.3 Å². The second kappa shape index (κ2) is 5.09. The van der Waals surface area contributed by atoms with E-state index in [1.54, 1.807) is 0 Å². The van der Waals surface area contributed by atoms with Crippen molar-refractivity contribution in [2.24, 2.45) is 0 Å². The summed E-state index contributed by atoms with van der Waals surface area (Å²) in [4.78, 5) is 15.2. The van der Waals surface area contributed by atoms with Gasteiger partial charge in [-0.1, -0.05) is 0 Å². The number of nitrogen functional groups attached to an aromatic ring is 1. The van der Waals surface area contributed by atoms with E-state index in [4.69, 9.17) is 15.6 Å². The fourth-order valence-corrected chi connectivity index (χ4v) is 2.17. The van der Waals surface area contributed by atoms with Gasteiger partial charge in [0, 0.05) is 6.20 Å². The lowest BCUT2D eigenvalue weighted by Crippen LogP contribution is -2.36. The zero-order valence-corrected chi connectivity index (χ0v) is 11.3. The van der Waals surface area contributed by atoms with Crippen molar-refractivity contribution in [3.63, 3.8) is 0 Å². The number of ether oxygens (including phenoxy) is 1. The largest absolute Gasteiger partial charge is 0.394 e. The summed E-state index contributed by atoms with van der Waals surface area (Å²) in [6, 6.07) is 0. The van der Waals surface area contributed by atoms with Gasteiger partial charge in [0.2, 0.25) is 0 Å². The van der Waals surface area contributed by atoms with Crippen LogP contribution in [0.25, 0.3) is 0 Å². The number of halogens is 1. The van der Waals surface area contributed by atoms with Crippen LogP contribution in [0.3, 0.4) is 0 Å². The standard InChI is InChI=1S/C9H12IN3O5/c10-3-1-13(9(17)12-7(3)11)8-6(16)5(15)4(2-14)18-8/h1,4-6,8,14-16H,2H2,(H2,11,12,17)/t4-,5-,6-,8-/m0/s1. The predicted molar refractivity (Wildman–Crippen MR) is 68.6 cm³/mol. The third kappa shape index (κ3) is 2.23. The summed E-state index contributed by atoms with van der Waals surface area (Å²) in [5.74, 6) is 0.0867. The number of hydrogen-bond acceptors (Lipinski definition) is 7. The molecule has 8 nitrogen and oxygen atoms in total. The van der Waals surface area contributed by atoms with Crippen LogP contribution < -0.4 is 11.4 Å². The fourth-order valence-electron chi connectivity index (χ4n) is 1.75. The van der Waals surface area contributed by atoms with Gasteiger partial charge in [0.15, 0.2) is 6.23 Å². The van der Waals surface area contributed by atoms with Gasteiger partial charge in [-0.05, 0) is 22.6 Å². The molecule has 0 saturated carbocycles. The van der Waals surface area contributed by atoms with Crippen LogP contribution in [0, 0.1) is 3.57 Å². The van der Waals surface area contributed by atoms with Crippen molar-refractivity contribution < 1.29 is 20.1 Å². The van der Waals surface area contributed by atoms with Crippen molar-refractivity contribution in [2.75, 3.05) is 12.3 Å². The first-order valence-corrected chi connectivity index (χ1v) is 6.20. The number of anilines is 1. The Balaban J connectivity index is 2.39. The van der Waals surface area contributed by atoms with Crippen molar-refractivity contribution in [1.29, 1.82) is 0 Å². The molecule has 1 aromatic rings. The first-order chi connectivity index (χ1) is 8.45. The zero-order chi connectivity index (χ0) is 13.4. The van der Waals surface area contributed by atoms with Gasteiger partial charge in [-0.3, -0.25) is 4.57 Å². The Kier molecular flexibility index (Phi) is 3.87. The lowest BCUT2D eigenvalue weighted by Gasteiger charge is -2.17. The van der Waals surface area contributed by atoms with Crippen LogP contribution in [-0.2, 0) is 4.74 Å². The molecular weight excluding hydrogens is 357 g/mol. The van der Waals surface area contributed by atoms with Crippen LogP contribution >= 0.6 is 22.6 Å². The van der Waals surface area contributed by atoms with E-state index in [0.717, 1.165) is 4.57 Å². The SMILES string of the molecule is Nc1nc(=O)n([C@H]2O[C@@H](CO)[C@H](O)[C@@H]2O)cc1I. The van der Waals surface area contributed by atoms with Gasteiger partial charge in [0.05, 0.1) is 10.2 Å². The van der Waals surface area contributed by atoms with Gasteiger partial charge in [0.25, 0.3) is 0 Å². The van der Waals surface area contributed by atoms with E-state index < -0.39 is 36.8 Å². The summed E-state index contributed by atoms with van der Waals surface area (Å²) < 4.78 is 6.79. The Hall–Kier alpha value is -0.750. The second-order valence-corrected chi connectivity index (χ2v) is 5.05. The predicted octanol–water partition coefficient (Wildman–Crippen LogP) is -1.96. The van der Waals surface area contributed by atoms with Crippen molar-refractivity contribution in [3.8, 4) is 0 Å². The van der Waals surface area contributed by atoms with E-state index >= 15 is 0 Å². The number of hydrogen-bond donors (Lipinski definition) is 4. The molecule has 5 N–H and O–H groups in total. The van der Waals surface area contributed by atoms with E-state index in [-0.39, 0.29) is 5.82 Å².